The van der Waals surface area contributed by atoms with Crippen molar-refractivity contribution in [2.75, 3.05) is 27.2 Å². The monoisotopic (exact) mass is 410 g/mol. The number of aliphatic imine (C=N–C) groups is 1. The SMILES string of the molecule is CN=C(NCCNC(=O)c1ccc(OC)cc1)NC1CC(C)(C)Oc2ccccc21. The Morgan fingerprint density at radius 2 is 1.83 bits per heavy atom. The Balaban J connectivity index is 1.51. The Kier molecular flexibility index (Phi) is 6.82. The summed E-state index contributed by atoms with van der Waals surface area (Å²) in [5.74, 6) is 2.18. The van der Waals surface area contributed by atoms with Crippen molar-refractivity contribution < 1.29 is 14.3 Å². The van der Waals surface area contributed by atoms with Crippen LogP contribution in [0.3, 0.4) is 0 Å². The summed E-state index contributed by atoms with van der Waals surface area (Å²) in [6.45, 7) is 5.20. The zero-order valence-electron chi connectivity index (χ0n) is 18.0. The number of nitrogens with one attached hydrogen (secondary N) is 3. The summed E-state index contributed by atoms with van der Waals surface area (Å²) in [6, 6.07) is 15.2. The molecule has 1 aliphatic rings. The fourth-order valence-corrected chi connectivity index (χ4v) is 3.49. The van der Waals surface area contributed by atoms with Crippen LogP contribution in [0.5, 0.6) is 11.5 Å². The molecule has 2 aromatic carbocycles. The first kappa shape index (κ1) is 21.5. The van der Waals surface area contributed by atoms with E-state index < -0.39 is 0 Å². The van der Waals surface area contributed by atoms with Gasteiger partial charge in [0.05, 0.1) is 13.2 Å². The summed E-state index contributed by atoms with van der Waals surface area (Å²) in [7, 11) is 3.34. The number of fused-ring (bicyclic) bond motifs is 1. The highest BCUT2D eigenvalue weighted by Crippen LogP contribution is 2.39. The second-order valence-corrected chi connectivity index (χ2v) is 7.78. The second kappa shape index (κ2) is 9.52. The van der Waals surface area contributed by atoms with Gasteiger partial charge in [0.15, 0.2) is 5.96 Å². The number of carbonyl (C=O) groups excluding carboxylic acids is 1. The highest BCUT2D eigenvalue weighted by atomic mass is 16.5. The van der Waals surface area contributed by atoms with Crippen LogP contribution in [0.25, 0.3) is 0 Å². The van der Waals surface area contributed by atoms with Crippen LogP contribution in [0.2, 0.25) is 0 Å². The van der Waals surface area contributed by atoms with Gasteiger partial charge in [-0.05, 0) is 44.2 Å². The minimum absolute atomic E-state index is 0.0880. The molecule has 0 aliphatic carbocycles. The summed E-state index contributed by atoms with van der Waals surface area (Å²) in [5.41, 5.74) is 1.45. The molecule has 1 amide bonds. The average molecular weight is 411 g/mol. The van der Waals surface area contributed by atoms with Gasteiger partial charge in [-0.1, -0.05) is 18.2 Å². The van der Waals surface area contributed by atoms with Gasteiger partial charge in [-0.3, -0.25) is 9.79 Å². The third-order valence-corrected chi connectivity index (χ3v) is 4.97. The molecule has 0 bridgehead atoms. The zero-order chi connectivity index (χ0) is 21.6. The Morgan fingerprint density at radius 1 is 1.13 bits per heavy atom. The van der Waals surface area contributed by atoms with Crippen LogP contribution in [0.4, 0.5) is 0 Å². The number of carbonyl (C=O) groups is 1. The predicted octanol–water partition coefficient (Wildman–Crippen LogP) is 2.89. The van der Waals surface area contributed by atoms with Crippen molar-refractivity contribution in [3.8, 4) is 11.5 Å². The number of guanidine groups is 1. The first-order valence-electron chi connectivity index (χ1n) is 10.1. The molecule has 3 N–H and O–H groups in total. The first-order chi connectivity index (χ1) is 14.4. The van der Waals surface area contributed by atoms with E-state index in [1.54, 1.807) is 38.4 Å². The van der Waals surface area contributed by atoms with Gasteiger partial charge in [-0.25, -0.2) is 0 Å². The highest BCUT2D eigenvalue weighted by Gasteiger charge is 2.33. The number of benzene rings is 2. The number of hydrogen-bond acceptors (Lipinski definition) is 4. The van der Waals surface area contributed by atoms with Gasteiger partial charge in [0, 0.05) is 37.7 Å². The predicted molar refractivity (Wildman–Crippen MR) is 118 cm³/mol. The number of rotatable bonds is 6. The topological polar surface area (TPSA) is 84.0 Å². The van der Waals surface area contributed by atoms with E-state index in [4.69, 9.17) is 9.47 Å². The maximum atomic E-state index is 12.2. The van der Waals surface area contributed by atoms with Crippen molar-refractivity contribution in [3.63, 3.8) is 0 Å². The summed E-state index contributed by atoms with van der Waals surface area (Å²) >= 11 is 0. The molecule has 1 heterocycles. The van der Waals surface area contributed by atoms with Gasteiger partial charge in [-0.15, -0.1) is 0 Å². The Morgan fingerprint density at radius 3 is 2.53 bits per heavy atom. The van der Waals surface area contributed by atoms with Crippen LogP contribution in [0.1, 0.15) is 42.2 Å². The van der Waals surface area contributed by atoms with Gasteiger partial charge in [0.1, 0.15) is 17.1 Å². The fourth-order valence-electron chi connectivity index (χ4n) is 3.49. The van der Waals surface area contributed by atoms with Crippen molar-refractivity contribution in [2.45, 2.75) is 31.9 Å². The minimum atomic E-state index is -0.267. The average Bonchev–Trinajstić information content (AvgIpc) is 2.74. The van der Waals surface area contributed by atoms with Gasteiger partial charge in [0.25, 0.3) is 5.91 Å². The third-order valence-electron chi connectivity index (χ3n) is 4.97. The van der Waals surface area contributed by atoms with E-state index in [-0.39, 0.29) is 17.6 Å². The van der Waals surface area contributed by atoms with Crippen molar-refractivity contribution in [2.24, 2.45) is 4.99 Å². The standard InChI is InChI=1S/C23H30N4O3/c1-23(2)15-19(18-7-5-6-8-20(18)30-23)27-22(24-3)26-14-13-25-21(28)16-9-11-17(29-4)12-10-16/h5-12,19H,13-15H2,1-4H3,(H,25,28)(H2,24,26,27). The molecule has 7 heteroatoms. The number of para-hydroxylation sites is 1. The van der Waals surface area contributed by atoms with E-state index in [1.165, 1.54) is 0 Å². The molecule has 0 radical (unpaired) electrons. The van der Waals surface area contributed by atoms with E-state index in [9.17, 15) is 4.79 Å². The molecule has 7 nitrogen and oxygen atoms in total. The minimum Gasteiger partial charge on any atom is -0.497 e. The lowest BCUT2D eigenvalue weighted by Crippen LogP contribution is -2.46. The van der Waals surface area contributed by atoms with Crippen molar-refractivity contribution >= 4 is 11.9 Å². The summed E-state index contributed by atoms with van der Waals surface area (Å²) in [5, 5.41) is 9.65. The zero-order valence-corrected chi connectivity index (χ0v) is 18.0. The van der Waals surface area contributed by atoms with Gasteiger partial charge < -0.3 is 25.4 Å². The van der Waals surface area contributed by atoms with Gasteiger partial charge >= 0.3 is 0 Å². The molecule has 0 aromatic heterocycles. The molecular weight excluding hydrogens is 380 g/mol. The molecule has 160 valence electrons. The molecule has 0 fully saturated rings. The van der Waals surface area contributed by atoms with Crippen LogP contribution in [-0.2, 0) is 0 Å². The molecule has 0 saturated carbocycles. The number of methoxy groups -OCH3 is 1. The molecule has 1 aliphatic heterocycles. The molecule has 0 saturated heterocycles. The van der Waals surface area contributed by atoms with Crippen LogP contribution in [-0.4, -0.2) is 44.7 Å². The third kappa shape index (κ3) is 5.43. The molecule has 0 spiro atoms. The number of nitrogens with zero attached hydrogens (tertiary/aromatic N) is 1. The lowest BCUT2D eigenvalue weighted by Gasteiger charge is -2.38. The number of amides is 1. The smallest absolute Gasteiger partial charge is 0.251 e. The summed E-state index contributed by atoms with van der Waals surface area (Å²) in [6.07, 6.45) is 0.818. The number of hydrogen-bond donors (Lipinski definition) is 3. The van der Waals surface area contributed by atoms with Crippen LogP contribution >= 0.6 is 0 Å². The highest BCUT2D eigenvalue weighted by molar-refractivity contribution is 5.94. The maximum absolute atomic E-state index is 12.2. The van der Waals surface area contributed by atoms with Crippen molar-refractivity contribution in [3.05, 3.63) is 59.7 Å². The molecular formula is C23H30N4O3. The fraction of sp³-hybridized carbons (Fsp3) is 0.391. The van der Waals surface area contributed by atoms with Crippen LogP contribution in [0, 0.1) is 0 Å². The van der Waals surface area contributed by atoms with Gasteiger partial charge in [-0.2, -0.15) is 0 Å². The number of ether oxygens (including phenoxy) is 2. The van der Waals surface area contributed by atoms with Crippen molar-refractivity contribution in [1.29, 1.82) is 0 Å². The molecule has 30 heavy (non-hydrogen) atoms. The van der Waals surface area contributed by atoms with E-state index >= 15 is 0 Å². The van der Waals surface area contributed by atoms with Gasteiger partial charge in [0.2, 0.25) is 0 Å². The first-order valence-corrected chi connectivity index (χ1v) is 10.1. The second-order valence-electron chi connectivity index (χ2n) is 7.78. The van der Waals surface area contributed by atoms with E-state index in [0.29, 0.717) is 24.6 Å². The largest absolute Gasteiger partial charge is 0.497 e. The van der Waals surface area contributed by atoms with Crippen molar-refractivity contribution in [1.82, 2.24) is 16.0 Å². The lowest BCUT2D eigenvalue weighted by molar-refractivity contribution is 0.0694. The van der Waals surface area contributed by atoms with Crippen LogP contribution < -0.4 is 25.4 Å². The van der Waals surface area contributed by atoms with E-state index in [2.05, 4.69) is 40.9 Å². The maximum Gasteiger partial charge on any atom is 0.251 e. The molecule has 2 aromatic rings. The quantitative estimate of drug-likeness (QED) is 0.387. The Hall–Kier alpha value is -3.22. The van der Waals surface area contributed by atoms with E-state index in [0.717, 1.165) is 23.5 Å². The molecule has 1 atom stereocenters. The Bertz CT molecular complexity index is 894. The molecule has 3 rings (SSSR count). The summed E-state index contributed by atoms with van der Waals surface area (Å²) in [4.78, 5) is 16.6. The molecule has 1 unspecified atom stereocenters. The summed E-state index contributed by atoms with van der Waals surface area (Å²) < 4.78 is 11.2. The van der Waals surface area contributed by atoms with Crippen LogP contribution in [0.15, 0.2) is 53.5 Å². The normalized spacial score (nSPS) is 17.3. The van der Waals surface area contributed by atoms with E-state index in [1.807, 2.05) is 18.2 Å². The Labute approximate surface area is 177 Å². The lowest BCUT2D eigenvalue weighted by atomic mass is 9.90.